The Bertz CT molecular complexity index is 358. The summed E-state index contributed by atoms with van der Waals surface area (Å²) in [5.74, 6) is -0.415. The number of hydrogen-bond donors (Lipinski definition) is 3. The zero-order chi connectivity index (χ0) is 14.9. The van der Waals surface area contributed by atoms with Crippen LogP contribution in [0.3, 0.4) is 0 Å². The Balaban J connectivity index is 4.01. The molecule has 0 aromatic rings. The van der Waals surface area contributed by atoms with Gasteiger partial charge in [-0.15, -0.1) is 0 Å². The zero-order valence-electron chi connectivity index (χ0n) is 11.7. The lowest BCUT2D eigenvalue weighted by Gasteiger charge is -2.15. The third-order valence-electron chi connectivity index (χ3n) is 2.36. The Morgan fingerprint density at radius 3 is 2.58 bits per heavy atom. The summed E-state index contributed by atoms with van der Waals surface area (Å²) in [6.07, 6.45) is 0.207. The highest BCUT2D eigenvalue weighted by Crippen LogP contribution is 1.94. The molecule has 0 aromatic heterocycles. The molecule has 3 N–H and O–H groups in total. The van der Waals surface area contributed by atoms with Gasteiger partial charge in [-0.3, -0.25) is 4.79 Å². The summed E-state index contributed by atoms with van der Waals surface area (Å²) >= 11 is 0. The molecule has 0 rings (SSSR count). The van der Waals surface area contributed by atoms with Gasteiger partial charge < -0.3 is 15.2 Å². The molecule has 0 fully saturated rings. The fourth-order valence-corrected chi connectivity index (χ4v) is 2.74. The summed E-state index contributed by atoms with van der Waals surface area (Å²) in [6.45, 7) is 3.70. The summed E-state index contributed by atoms with van der Waals surface area (Å²) in [5.41, 5.74) is 0. The smallest absolute Gasteiger partial charge is 0.237 e. The Labute approximate surface area is 114 Å². The molecule has 0 spiro atoms. The minimum Gasteiger partial charge on any atom is -0.391 e. The lowest BCUT2D eigenvalue weighted by Crippen LogP contribution is -2.46. The van der Waals surface area contributed by atoms with Gasteiger partial charge in [0.1, 0.15) is 0 Å². The summed E-state index contributed by atoms with van der Waals surface area (Å²) in [5, 5.41) is 11.9. The largest absolute Gasteiger partial charge is 0.391 e. The molecule has 2 unspecified atom stereocenters. The van der Waals surface area contributed by atoms with E-state index in [2.05, 4.69) is 10.0 Å². The topological polar surface area (TPSA) is 105 Å². The van der Waals surface area contributed by atoms with Gasteiger partial charge in [-0.1, -0.05) is 6.92 Å². The van der Waals surface area contributed by atoms with Gasteiger partial charge in [0.2, 0.25) is 15.9 Å². The van der Waals surface area contributed by atoms with Crippen molar-refractivity contribution in [1.82, 2.24) is 10.0 Å². The van der Waals surface area contributed by atoms with Crippen molar-refractivity contribution in [2.24, 2.45) is 0 Å². The van der Waals surface area contributed by atoms with Crippen LogP contribution in [0.5, 0.6) is 0 Å². The second kappa shape index (κ2) is 9.24. The third kappa shape index (κ3) is 8.93. The molecular weight excluding hydrogens is 272 g/mol. The number of carbonyl (C=O) groups is 1. The molecule has 0 radical (unpaired) electrons. The predicted octanol–water partition coefficient (Wildman–Crippen LogP) is -0.782. The number of amides is 1. The second-order valence-corrected chi connectivity index (χ2v) is 6.22. The van der Waals surface area contributed by atoms with Crippen molar-refractivity contribution in [1.29, 1.82) is 0 Å². The first-order valence-electron chi connectivity index (χ1n) is 6.27. The van der Waals surface area contributed by atoms with E-state index in [-0.39, 0.29) is 18.9 Å². The van der Waals surface area contributed by atoms with Crippen LogP contribution in [0.15, 0.2) is 0 Å². The average molecular weight is 296 g/mol. The number of sulfonamides is 1. The van der Waals surface area contributed by atoms with E-state index >= 15 is 0 Å². The van der Waals surface area contributed by atoms with Crippen molar-refractivity contribution < 1.29 is 23.1 Å². The second-order valence-electron chi connectivity index (χ2n) is 4.35. The molecule has 0 aliphatic carbocycles. The molecule has 0 aliphatic heterocycles. The standard InChI is InChI=1S/C11H24N2O5S/c1-4-7-19(16,17)13-9(2)11(15)12-6-5-10(14)8-18-3/h9-10,13-14H,4-8H2,1-3H3,(H,12,15). The number of methoxy groups -OCH3 is 1. The van der Waals surface area contributed by atoms with Crippen molar-refractivity contribution in [3.05, 3.63) is 0 Å². The molecule has 2 atom stereocenters. The molecule has 0 saturated carbocycles. The molecule has 7 nitrogen and oxygen atoms in total. The Morgan fingerprint density at radius 1 is 1.42 bits per heavy atom. The lowest BCUT2D eigenvalue weighted by atomic mass is 10.2. The van der Waals surface area contributed by atoms with Crippen LogP contribution in [0.25, 0.3) is 0 Å². The number of aliphatic hydroxyl groups is 1. The van der Waals surface area contributed by atoms with E-state index in [1.165, 1.54) is 14.0 Å². The minimum absolute atomic E-state index is 0.00280. The van der Waals surface area contributed by atoms with Gasteiger partial charge in [0.05, 0.1) is 24.5 Å². The van der Waals surface area contributed by atoms with Gasteiger partial charge in [-0.25, -0.2) is 13.1 Å². The molecule has 114 valence electrons. The fraction of sp³-hybridized carbons (Fsp3) is 0.909. The van der Waals surface area contributed by atoms with Crippen molar-refractivity contribution in [3.63, 3.8) is 0 Å². The first kappa shape index (κ1) is 18.3. The highest BCUT2D eigenvalue weighted by atomic mass is 32.2. The number of aliphatic hydroxyl groups excluding tert-OH is 1. The van der Waals surface area contributed by atoms with E-state index < -0.39 is 28.1 Å². The molecule has 0 saturated heterocycles. The van der Waals surface area contributed by atoms with Gasteiger partial charge in [0, 0.05) is 13.7 Å². The molecule has 0 heterocycles. The molecular formula is C11H24N2O5S. The Morgan fingerprint density at radius 2 is 2.05 bits per heavy atom. The highest BCUT2D eigenvalue weighted by molar-refractivity contribution is 7.89. The molecule has 19 heavy (non-hydrogen) atoms. The molecule has 0 aliphatic rings. The van der Waals surface area contributed by atoms with Crippen molar-refractivity contribution >= 4 is 15.9 Å². The van der Waals surface area contributed by atoms with Crippen LogP contribution in [0.4, 0.5) is 0 Å². The number of ether oxygens (including phenoxy) is 1. The van der Waals surface area contributed by atoms with Crippen molar-refractivity contribution in [3.8, 4) is 0 Å². The van der Waals surface area contributed by atoms with Crippen LogP contribution < -0.4 is 10.0 Å². The maximum absolute atomic E-state index is 11.6. The maximum atomic E-state index is 11.6. The van der Waals surface area contributed by atoms with E-state index in [1.54, 1.807) is 6.92 Å². The Kier molecular flexibility index (Phi) is 8.90. The van der Waals surface area contributed by atoms with Crippen LogP contribution in [0, 0.1) is 0 Å². The number of nitrogens with one attached hydrogen (secondary N) is 2. The van der Waals surface area contributed by atoms with Crippen LogP contribution in [0.2, 0.25) is 0 Å². The Hall–Kier alpha value is -0.700. The first-order valence-corrected chi connectivity index (χ1v) is 7.92. The van der Waals surface area contributed by atoms with E-state index in [4.69, 9.17) is 4.74 Å². The molecule has 0 bridgehead atoms. The highest BCUT2D eigenvalue weighted by Gasteiger charge is 2.19. The third-order valence-corrected chi connectivity index (χ3v) is 4.02. The summed E-state index contributed by atoms with van der Waals surface area (Å²) < 4.78 is 30.0. The van der Waals surface area contributed by atoms with Crippen LogP contribution in [-0.4, -0.2) is 57.6 Å². The number of carbonyl (C=O) groups excluding carboxylic acids is 1. The normalized spacial score (nSPS) is 14.9. The summed E-state index contributed by atoms with van der Waals surface area (Å²) in [6, 6.07) is -0.823. The zero-order valence-corrected chi connectivity index (χ0v) is 12.5. The van der Waals surface area contributed by atoms with E-state index in [0.717, 1.165) is 0 Å². The quantitative estimate of drug-likeness (QED) is 0.490. The van der Waals surface area contributed by atoms with Gasteiger partial charge in [0.25, 0.3) is 0 Å². The van der Waals surface area contributed by atoms with Gasteiger partial charge in [-0.05, 0) is 19.8 Å². The van der Waals surface area contributed by atoms with Crippen LogP contribution >= 0.6 is 0 Å². The first-order chi connectivity index (χ1) is 8.82. The SMILES string of the molecule is CCCS(=O)(=O)NC(C)C(=O)NCCC(O)COC. The average Bonchev–Trinajstić information content (AvgIpc) is 2.28. The maximum Gasteiger partial charge on any atom is 0.237 e. The van der Waals surface area contributed by atoms with E-state index in [1.807, 2.05) is 0 Å². The van der Waals surface area contributed by atoms with Crippen LogP contribution in [-0.2, 0) is 19.6 Å². The molecule has 1 amide bonds. The van der Waals surface area contributed by atoms with Crippen LogP contribution in [0.1, 0.15) is 26.7 Å². The van der Waals surface area contributed by atoms with E-state index in [0.29, 0.717) is 12.8 Å². The van der Waals surface area contributed by atoms with Gasteiger partial charge >= 0.3 is 0 Å². The number of rotatable bonds is 10. The van der Waals surface area contributed by atoms with Crippen molar-refractivity contribution in [2.45, 2.75) is 38.8 Å². The fourth-order valence-electron chi connectivity index (χ4n) is 1.44. The predicted molar refractivity (Wildman–Crippen MR) is 72.2 cm³/mol. The minimum atomic E-state index is -3.41. The monoisotopic (exact) mass is 296 g/mol. The molecule has 8 heteroatoms. The lowest BCUT2D eigenvalue weighted by molar-refractivity contribution is -0.122. The van der Waals surface area contributed by atoms with Gasteiger partial charge in [-0.2, -0.15) is 0 Å². The van der Waals surface area contributed by atoms with E-state index in [9.17, 15) is 18.3 Å². The summed E-state index contributed by atoms with van der Waals surface area (Å²) in [4.78, 5) is 11.6. The van der Waals surface area contributed by atoms with Crippen molar-refractivity contribution in [2.75, 3.05) is 26.0 Å². The summed E-state index contributed by atoms with van der Waals surface area (Å²) in [7, 11) is -1.93. The number of hydrogen-bond acceptors (Lipinski definition) is 5. The van der Waals surface area contributed by atoms with Gasteiger partial charge in [0.15, 0.2) is 0 Å². The molecule has 0 aromatic carbocycles.